The minimum atomic E-state index is -0.506. The summed E-state index contributed by atoms with van der Waals surface area (Å²) in [5.41, 5.74) is 3.03. The van der Waals surface area contributed by atoms with Gasteiger partial charge in [0.25, 0.3) is 11.6 Å². The smallest absolute Gasteiger partial charge is 0.270 e. The molecule has 0 heterocycles. The zero-order valence-electron chi connectivity index (χ0n) is 17.6. The quantitative estimate of drug-likeness (QED) is 0.213. The molecule has 3 aromatic rings. The molecule has 8 nitrogen and oxygen atoms in total. The van der Waals surface area contributed by atoms with Crippen LogP contribution in [0.15, 0.2) is 78.9 Å². The first-order valence-electron chi connectivity index (χ1n) is 9.83. The van der Waals surface area contributed by atoms with Gasteiger partial charge in [0.2, 0.25) is 5.91 Å². The van der Waals surface area contributed by atoms with Crippen LogP contribution in [0.2, 0.25) is 0 Å². The molecule has 0 aromatic heterocycles. The van der Waals surface area contributed by atoms with Crippen LogP contribution in [0.5, 0.6) is 0 Å². The Labute approximate surface area is 195 Å². The lowest BCUT2D eigenvalue weighted by Gasteiger charge is -2.11. The Morgan fingerprint density at radius 3 is 2.36 bits per heavy atom. The van der Waals surface area contributed by atoms with Gasteiger partial charge in [0.05, 0.1) is 4.92 Å². The average molecular weight is 461 g/mol. The van der Waals surface area contributed by atoms with Gasteiger partial charge in [-0.1, -0.05) is 36.4 Å². The van der Waals surface area contributed by atoms with Crippen LogP contribution in [0.1, 0.15) is 21.5 Å². The number of rotatable bonds is 6. The fourth-order valence-corrected chi connectivity index (χ4v) is 3.15. The molecule has 0 saturated heterocycles. The van der Waals surface area contributed by atoms with Crippen LogP contribution in [0.4, 0.5) is 17.1 Å². The van der Waals surface area contributed by atoms with E-state index >= 15 is 0 Å². The third kappa shape index (κ3) is 6.81. The lowest BCUT2D eigenvalue weighted by atomic mass is 10.1. The Morgan fingerprint density at radius 1 is 0.939 bits per heavy atom. The number of amides is 2. The predicted molar refractivity (Wildman–Crippen MR) is 132 cm³/mol. The molecule has 0 spiro atoms. The Bertz CT molecular complexity index is 1260. The fourth-order valence-electron chi connectivity index (χ4n) is 2.93. The van der Waals surface area contributed by atoms with Crippen LogP contribution < -0.4 is 16.0 Å². The number of nitro groups is 1. The van der Waals surface area contributed by atoms with E-state index in [1.807, 2.05) is 19.1 Å². The summed E-state index contributed by atoms with van der Waals surface area (Å²) >= 11 is 5.17. The zero-order chi connectivity index (χ0) is 23.8. The highest BCUT2D eigenvalue weighted by Crippen LogP contribution is 2.17. The lowest BCUT2D eigenvalue weighted by Crippen LogP contribution is -2.32. The van der Waals surface area contributed by atoms with Crippen molar-refractivity contribution in [2.24, 2.45) is 0 Å². The van der Waals surface area contributed by atoms with Crippen LogP contribution in [-0.2, 0) is 4.79 Å². The molecule has 2 amide bonds. The topological polar surface area (TPSA) is 113 Å². The summed E-state index contributed by atoms with van der Waals surface area (Å²) in [5, 5.41) is 19.1. The van der Waals surface area contributed by atoms with Crippen molar-refractivity contribution in [3.05, 3.63) is 106 Å². The summed E-state index contributed by atoms with van der Waals surface area (Å²) < 4.78 is 0. The van der Waals surface area contributed by atoms with E-state index in [9.17, 15) is 19.7 Å². The number of carbonyl (C=O) groups is 2. The third-order valence-corrected chi connectivity index (χ3v) is 4.72. The molecule has 0 saturated carbocycles. The standard InChI is InChI=1S/C24H20N4O4S/c1-16-6-2-3-11-21(16)23(30)25-18-8-5-9-19(15-18)26-24(33)27-22(29)13-12-17-7-4-10-20(14-17)28(31)32/h2-15H,1H3,(H,25,30)(H2,26,27,29,33). The zero-order valence-corrected chi connectivity index (χ0v) is 18.4. The second kappa shape index (κ2) is 10.8. The van der Waals surface area contributed by atoms with Crippen molar-refractivity contribution in [3.8, 4) is 0 Å². The number of benzene rings is 3. The molecule has 3 N–H and O–H groups in total. The van der Waals surface area contributed by atoms with Crippen molar-refractivity contribution in [1.29, 1.82) is 0 Å². The van der Waals surface area contributed by atoms with E-state index in [1.165, 1.54) is 30.4 Å². The van der Waals surface area contributed by atoms with E-state index in [-0.39, 0.29) is 16.7 Å². The van der Waals surface area contributed by atoms with Crippen LogP contribution in [0.3, 0.4) is 0 Å². The number of thiocarbonyl (C=S) groups is 1. The number of nitrogens with one attached hydrogen (secondary N) is 3. The van der Waals surface area contributed by atoms with Crippen molar-refractivity contribution < 1.29 is 14.5 Å². The maximum Gasteiger partial charge on any atom is 0.270 e. The van der Waals surface area contributed by atoms with E-state index in [0.717, 1.165) is 5.56 Å². The van der Waals surface area contributed by atoms with Crippen molar-refractivity contribution in [2.75, 3.05) is 10.6 Å². The lowest BCUT2D eigenvalue weighted by molar-refractivity contribution is -0.384. The van der Waals surface area contributed by atoms with Crippen molar-refractivity contribution in [1.82, 2.24) is 5.32 Å². The van der Waals surface area contributed by atoms with E-state index in [1.54, 1.807) is 42.5 Å². The highest BCUT2D eigenvalue weighted by molar-refractivity contribution is 7.80. The largest absolute Gasteiger partial charge is 0.332 e. The molecule has 0 fully saturated rings. The van der Waals surface area contributed by atoms with Crippen LogP contribution in [-0.4, -0.2) is 21.9 Å². The van der Waals surface area contributed by atoms with Gasteiger partial charge in [0, 0.05) is 35.1 Å². The number of carbonyl (C=O) groups excluding carboxylic acids is 2. The van der Waals surface area contributed by atoms with E-state index in [4.69, 9.17) is 12.2 Å². The summed E-state index contributed by atoms with van der Waals surface area (Å²) in [5.74, 6) is -0.726. The second-order valence-electron chi connectivity index (χ2n) is 6.98. The minimum absolute atomic E-state index is 0.0612. The van der Waals surface area contributed by atoms with Crippen molar-refractivity contribution in [3.63, 3.8) is 0 Å². The number of non-ortho nitro benzene ring substituents is 1. The van der Waals surface area contributed by atoms with Gasteiger partial charge >= 0.3 is 0 Å². The number of hydrogen-bond acceptors (Lipinski definition) is 5. The molecule has 3 rings (SSSR count). The van der Waals surface area contributed by atoms with Gasteiger partial charge in [-0.15, -0.1) is 0 Å². The number of aryl methyl sites for hydroxylation is 1. The first kappa shape index (κ1) is 23.3. The monoisotopic (exact) mass is 460 g/mol. The Morgan fingerprint density at radius 2 is 1.64 bits per heavy atom. The maximum atomic E-state index is 12.5. The summed E-state index contributed by atoms with van der Waals surface area (Å²) in [4.78, 5) is 35.0. The van der Waals surface area contributed by atoms with Crippen LogP contribution in [0.25, 0.3) is 6.08 Å². The van der Waals surface area contributed by atoms with Crippen molar-refractivity contribution in [2.45, 2.75) is 6.92 Å². The first-order valence-corrected chi connectivity index (χ1v) is 10.2. The predicted octanol–water partition coefficient (Wildman–Crippen LogP) is 4.68. The Hall–Kier alpha value is -4.37. The normalized spacial score (nSPS) is 10.5. The number of nitro benzene ring substituents is 1. The molecule has 0 aliphatic rings. The average Bonchev–Trinajstić information content (AvgIpc) is 2.78. The van der Waals surface area contributed by atoms with Gasteiger partial charge in [-0.25, -0.2) is 0 Å². The molecular weight excluding hydrogens is 440 g/mol. The van der Waals surface area contributed by atoms with E-state index in [0.29, 0.717) is 22.5 Å². The maximum absolute atomic E-state index is 12.5. The third-order valence-electron chi connectivity index (χ3n) is 4.51. The van der Waals surface area contributed by atoms with Crippen molar-refractivity contribution >= 4 is 52.3 Å². The molecule has 0 aliphatic carbocycles. The molecule has 166 valence electrons. The molecule has 0 atom stereocenters. The fraction of sp³-hybridized carbons (Fsp3) is 0.0417. The van der Waals surface area contributed by atoms with Gasteiger partial charge in [-0.3, -0.25) is 25.0 Å². The molecule has 3 aromatic carbocycles. The summed E-state index contributed by atoms with van der Waals surface area (Å²) in [6, 6.07) is 20.1. The highest BCUT2D eigenvalue weighted by atomic mass is 32.1. The molecule has 9 heteroatoms. The van der Waals surface area contributed by atoms with Crippen LogP contribution in [0, 0.1) is 17.0 Å². The first-order chi connectivity index (χ1) is 15.8. The second-order valence-corrected chi connectivity index (χ2v) is 7.39. The summed E-state index contributed by atoms with van der Waals surface area (Å²) in [6.07, 6.45) is 2.68. The number of nitrogens with zero attached hydrogens (tertiary/aromatic N) is 1. The number of anilines is 2. The van der Waals surface area contributed by atoms with Gasteiger partial charge in [0.1, 0.15) is 0 Å². The van der Waals surface area contributed by atoms with Gasteiger partial charge in [0.15, 0.2) is 5.11 Å². The van der Waals surface area contributed by atoms with Gasteiger partial charge in [-0.2, -0.15) is 0 Å². The molecule has 0 unspecified atom stereocenters. The number of hydrogen-bond donors (Lipinski definition) is 3. The molecule has 0 bridgehead atoms. The molecule has 33 heavy (non-hydrogen) atoms. The van der Waals surface area contributed by atoms with E-state index in [2.05, 4.69) is 16.0 Å². The molecular formula is C24H20N4O4S. The summed E-state index contributed by atoms with van der Waals surface area (Å²) in [7, 11) is 0. The van der Waals surface area contributed by atoms with E-state index < -0.39 is 10.8 Å². The Balaban J connectivity index is 1.57. The van der Waals surface area contributed by atoms with Crippen LogP contribution >= 0.6 is 12.2 Å². The SMILES string of the molecule is Cc1ccccc1C(=O)Nc1cccc(NC(=S)NC(=O)C=Cc2cccc([N+](=O)[O-])c2)c1. The van der Waals surface area contributed by atoms with Gasteiger partial charge < -0.3 is 10.6 Å². The Kier molecular flexibility index (Phi) is 7.61. The minimum Gasteiger partial charge on any atom is -0.332 e. The molecule has 0 radical (unpaired) electrons. The highest BCUT2D eigenvalue weighted by Gasteiger charge is 2.09. The van der Waals surface area contributed by atoms with Gasteiger partial charge in [-0.05, 0) is 60.6 Å². The summed E-state index contributed by atoms with van der Waals surface area (Å²) in [6.45, 7) is 1.86. The molecule has 0 aliphatic heterocycles.